The van der Waals surface area contributed by atoms with Crippen LogP contribution in [-0.2, 0) is 6.54 Å². The molecule has 0 bridgehead atoms. The summed E-state index contributed by atoms with van der Waals surface area (Å²) in [6, 6.07) is 1.88. The van der Waals surface area contributed by atoms with Crippen LogP contribution in [0.3, 0.4) is 0 Å². The van der Waals surface area contributed by atoms with Gasteiger partial charge in [0.1, 0.15) is 12.4 Å². The third kappa shape index (κ3) is 1.85. The van der Waals surface area contributed by atoms with E-state index < -0.39 is 0 Å². The molecule has 0 aromatic carbocycles. The Kier molecular flexibility index (Phi) is 2.78. The highest BCUT2D eigenvalue weighted by Gasteiger charge is 2.15. The highest BCUT2D eigenvalue weighted by Crippen LogP contribution is 2.20. The van der Waals surface area contributed by atoms with Crippen molar-refractivity contribution in [1.82, 2.24) is 24.5 Å². The van der Waals surface area contributed by atoms with Gasteiger partial charge in [0.2, 0.25) is 0 Å². The molecule has 2 aromatic heterocycles. The molecule has 7 nitrogen and oxygen atoms in total. The summed E-state index contributed by atoms with van der Waals surface area (Å²) in [6.07, 6.45) is 2.41. The standard InChI is InChI=1S/C10H13N7/c1-3-4-16-10(9(12)7(2)14-16)17-6-13-8(5-11)15-17/h6H,3-4,12H2,1-2H3. The van der Waals surface area contributed by atoms with Gasteiger partial charge in [-0.25, -0.2) is 9.67 Å². The van der Waals surface area contributed by atoms with Gasteiger partial charge in [0, 0.05) is 6.54 Å². The van der Waals surface area contributed by atoms with Crippen LogP contribution in [0.2, 0.25) is 0 Å². The van der Waals surface area contributed by atoms with E-state index in [9.17, 15) is 0 Å². The van der Waals surface area contributed by atoms with Crippen LogP contribution in [0.4, 0.5) is 5.69 Å². The van der Waals surface area contributed by atoms with Crippen molar-refractivity contribution in [2.45, 2.75) is 26.8 Å². The van der Waals surface area contributed by atoms with Crippen molar-refractivity contribution in [3.63, 3.8) is 0 Å². The first-order chi connectivity index (χ1) is 8.17. The number of hydrogen-bond acceptors (Lipinski definition) is 5. The molecular weight excluding hydrogens is 218 g/mol. The van der Waals surface area contributed by atoms with E-state index in [2.05, 4.69) is 22.1 Å². The Hall–Kier alpha value is -2.36. The molecule has 2 rings (SSSR count). The normalized spacial score (nSPS) is 10.4. The van der Waals surface area contributed by atoms with Gasteiger partial charge in [0.25, 0.3) is 5.82 Å². The van der Waals surface area contributed by atoms with E-state index in [1.807, 2.05) is 13.0 Å². The minimum atomic E-state index is 0.117. The summed E-state index contributed by atoms with van der Waals surface area (Å²) in [5.41, 5.74) is 7.28. The van der Waals surface area contributed by atoms with Gasteiger partial charge in [-0.2, -0.15) is 15.0 Å². The topological polar surface area (TPSA) is 98.3 Å². The van der Waals surface area contributed by atoms with Crippen LogP contribution >= 0.6 is 0 Å². The first-order valence-corrected chi connectivity index (χ1v) is 5.32. The van der Waals surface area contributed by atoms with E-state index in [0.29, 0.717) is 11.5 Å². The molecule has 0 amide bonds. The van der Waals surface area contributed by atoms with Crippen molar-refractivity contribution in [2.24, 2.45) is 0 Å². The van der Waals surface area contributed by atoms with Gasteiger partial charge in [-0.15, -0.1) is 5.10 Å². The van der Waals surface area contributed by atoms with Gasteiger partial charge < -0.3 is 5.73 Å². The zero-order valence-electron chi connectivity index (χ0n) is 9.75. The van der Waals surface area contributed by atoms with E-state index in [4.69, 9.17) is 11.0 Å². The molecule has 0 radical (unpaired) electrons. The van der Waals surface area contributed by atoms with Crippen LogP contribution in [0, 0.1) is 18.3 Å². The molecule has 0 aliphatic rings. The number of nitrogens with zero attached hydrogens (tertiary/aromatic N) is 6. The summed E-state index contributed by atoms with van der Waals surface area (Å²) >= 11 is 0. The average molecular weight is 231 g/mol. The van der Waals surface area contributed by atoms with Crippen LogP contribution in [0.15, 0.2) is 6.33 Å². The molecule has 0 saturated carbocycles. The highest BCUT2D eigenvalue weighted by molar-refractivity contribution is 5.56. The van der Waals surface area contributed by atoms with Gasteiger partial charge >= 0.3 is 0 Å². The molecule has 2 N–H and O–H groups in total. The molecule has 0 unspecified atom stereocenters. The number of anilines is 1. The first-order valence-electron chi connectivity index (χ1n) is 5.32. The Balaban J connectivity index is 2.53. The molecule has 2 aromatic rings. The summed E-state index contributed by atoms with van der Waals surface area (Å²) in [6.45, 7) is 4.64. The lowest BCUT2D eigenvalue weighted by molar-refractivity contribution is 0.574. The third-order valence-corrected chi connectivity index (χ3v) is 2.39. The minimum absolute atomic E-state index is 0.117. The minimum Gasteiger partial charge on any atom is -0.394 e. The summed E-state index contributed by atoms with van der Waals surface area (Å²) in [5.74, 6) is 0.782. The summed E-state index contributed by atoms with van der Waals surface area (Å²) in [5, 5.41) is 17.1. The molecular formula is C10H13N7. The molecule has 0 spiro atoms. The lowest BCUT2D eigenvalue weighted by atomic mass is 10.4. The molecule has 88 valence electrons. The molecule has 17 heavy (non-hydrogen) atoms. The van der Waals surface area contributed by atoms with Crippen molar-refractivity contribution in [3.05, 3.63) is 17.8 Å². The van der Waals surface area contributed by atoms with Crippen LogP contribution in [0.25, 0.3) is 5.82 Å². The Morgan fingerprint density at radius 3 is 2.82 bits per heavy atom. The number of aryl methyl sites for hydroxylation is 2. The van der Waals surface area contributed by atoms with Crippen LogP contribution in [-0.4, -0.2) is 24.5 Å². The Labute approximate surface area is 98.5 Å². The monoisotopic (exact) mass is 231 g/mol. The number of nitrogen functional groups attached to an aromatic ring is 1. The molecule has 0 atom stereocenters. The van der Waals surface area contributed by atoms with E-state index in [-0.39, 0.29) is 5.82 Å². The number of hydrogen-bond donors (Lipinski definition) is 1. The lowest BCUT2D eigenvalue weighted by Gasteiger charge is -2.05. The molecule has 7 heteroatoms. The number of aromatic nitrogens is 5. The van der Waals surface area contributed by atoms with Crippen molar-refractivity contribution in [3.8, 4) is 11.9 Å². The Morgan fingerprint density at radius 1 is 1.47 bits per heavy atom. The van der Waals surface area contributed by atoms with Crippen LogP contribution < -0.4 is 5.73 Å². The fourth-order valence-corrected chi connectivity index (χ4v) is 1.61. The maximum Gasteiger partial charge on any atom is 0.252 e. The lowest BCUT2D eigenvalue weighted by Crippen LogP contribution is -2.09. The largest absolute Gasteiger partial charge is 0.394 e. The summed E-state index contributed by atoms with van der Waals surface area (Å²) < 4.78 is 3.27. The second-order valence-corrected chi connectivity index (χ2v) is 3.67. The first kappa shape index (κ1) is 11.1. The SMILES string of the molecule is CCCn1nc(C)c(N)c1-n1cnc(C#N)n1. The third-order valence-electron chi connectivity index (χ3n) is 2.39. The average Bonchev–Trinajstić information content (AvgIpc) is 2.86. The van der Waals surface area contributed by atoms with Gasteiger partial charge in [-0.05, 0) is 13.3 Å². The number of rotatable bonds is 3. The van der Waals surface area contributed by atoms with Gasteiger partial charge in [-0.3, -0.25) is 0 Å². The number of nitriles is 1. The fourth-order valence-electron chi connectivity index (χ4n) is 1.61. The summed E-state index contributed by atoms with van der Waals surface area (Å²) in [7, 11) is 0. The van der Waals surface area contributed by atoms with Gasteiger partial charge in [0.05, 0.1) is 11.4 Å². The van der Waals surface area contributed by atoms with Gasteiger partial charge in [0.15, 0.2) is 5.82 Å². The predicted molar refractivity (Wildman–Crippen MR) is 61.3 cm³/mol. The predicted octanol–water partition coefficient (Wildman–Crippen LogP) is 0.636. The Bertz CT molecular complexity index is 572. The van der Waals surface area contributed by atoms with Crippen molar-refractivity contribution >= 4 is 5.69 Å². The zero-order chi connectivity index (χ0) is 12.4. The van der Waals surface area contributed by atoms with Crippen molar-refractivity contribution < 1.29 is 0 Å². The second-order valence-electron chi connectivity index (χ2n) is 3.67. The van der Waals surface area contributed by atoms with E-state index in [1.165, 1.54) is 11.0 Å². The number of nitrogens with two attached hydrogens (primary N) is 1. The van der Waals surface area contributed by atoms with E-state index in [0.717, 1.165) is 18.7 Å². The zero-order valence-corrected chi connectivity index (χ0v) is 9.75. The molecule has 0 fully saturated rings. The van der Waals surface area contributed by atoms with E-state index in [1.54, 1.807) is 4.68 Å². The maximum atomic E-state index is 8.70. The highest BCUT2D eigenvalue weighted by atomic mass is 15.4. The maximum absolute atomic E-state index is 8.70. The van der Waals surface area contributed by atoms with Gasteiger partial charge in [-0.1, -0.05) is 6.92 Å². The van der Waals surface area contributed by atoms with Crippen LogP contribution in [0.5, 0.6) is 0 Å². The van der Waals surface area contributed by atoms with Crippen LogP contribution in [0.1, 0.15) is 24.9 Å². The molecule has 0 saturated heterocycles. The van der Waals surface area contributed by atoms with Crippen molar-refractivity contribution in [2.75, 3.05) is 5.73 Å². The van der Waals surface area contributed by atoms with Crippen molar-refractivity contribution in [1.29, 1.82) is 5.26 Å². The molecule has 2 heterocycles. The summed E-state index contributed by atoms with van der Waals surface area (Å²) in [4.78, 5) is 3.86. The van der Waals surface area contributed by atoms with E-state index >= 15 is 0 Å². The fraction of sp³-hybridized carbons (Fsp3) is 0.400. The molecule has 0 aliphatic carbocycles. The smallest absolute Gasteiger partial charge is 0.252 e. The second kappa shape index (κ2) is 4.25. The quantitative estimate of drug-likeness (QED) is 0.835. The molecule has 0 aliphatic heterocycles. The Morgan fingerprint density at radius 2 is 2.24 bits per heavy atom.